The predicted octanol–water partition coefficient (Wildman–Crippen LogP) is 0.522. The maximum absolute atomic E-state index is 12.0. The minimum atomic E-state index is -0.0764. The topological polar surface area (TPSA) is 103 Å². The van der Waals surface area contributed by atoms with Gasteiger partial charge >= 0.3 is 0 Å². The second-order valence-electron chi connectivity index (χ2n) is 5.65. The fourth-order valence-electron chi connectivity index (χ4n) is 2.43. The largest absolute Gasteiger partial charge is 0.349 e. The van der Waals surface area contributed by atoms with E-state index in [-0.39, 0.29) is 5.91 Å². The van der Waals surface area contributed by atoms with Crippen LogP contribution in [-0.2, 0) is 30.8 Å². The first-order valence-corrected chi connectivity index (χ1v) is 8.12. The number of tetrazole rings is 1. The van der Waals surface area contributed by atoms with Gasteiger partial charge in [0.05, 0.1) is 13.1 Å². The van der Waals surface area contributed by atoms with Gasteiger partial charge in [0.15, 0.2) is 5.82 Å². The molecule has 0 atom stereocenters. The molecule has 1 N–H and O–H groups in total. The third-order valence-corrected chi connectivity index (χ3v) is 3.89. The van der Waals surface area contributed by atoms with Gasteiger partial charge in [-0.3, -0.25) is 4.79 Å². The summed E-state index contributed by atoms with van der Waals surface area (Å²) in [5, 5.41) is 22.0. The van der Waals surface area contributed by atoms with Gasteiger partial charge in [-0.1, -0.05) is 30.3 Å². The first-order chi connectivity index (χ1) is 12.2. The molecule has 25 heavy (non-hydrogen) atoms. The molecule has 9 heteroatoms. The second-order valence-corrected chi connectivity index (χ2v) is 5.65. The molecule has 130 valence electrons. The average molecular weight is 340 g/mol. The second kappa shape index (κ2) is 8.13. The molecule has 0 aliphatic heterocycles. The third-order valence-electron chi connectivity index (χ3n) is 3.89. The number of aryl methyl sites for hydroxylation is 4. The molecule has 0 aliphatic carbocycles. The molecule has 3 aromatic rings. The van der Waals surface area contributed by atoms with E-state index < -0.39 is 0 Å². The number of aromatic nitrogens is 7. The summed E-state index contributed by atoms with van der Waals surface area (Å²) < 4.78 is 3.56. The summed E-state index contributed by atoms with van der Waals surface area (Å²) in [5.41, 5.74) is 1.25. The van der Waals surface area contributed by atoms with Crippen LogP contribution < -0.4 is 5.32 Å². The van der Waals surface area contributed by atoms with Crippen LogP contribution in [0.25, 0.3) is 0 Å². The summed E-state index contributed by atoms with van der Waals surface area (Å²) in [6, 6.07) is 10.2. The van der Waals surface area contributed by atoms with E-state index in [1.807, 2.05) is 22.8 Å². The summed E-state index contributed by atoms with van der Waals surface area (Å²) in [4.78, 5) is 12.0. The lowest BCUT2D eigenvalue weighted by Gasteiger charge is -2.08. The molecule has 0 unspecified atom stereocenters. The molecule has 0 aliphatic rings. The van der Waals surface area contributed by atoms with Crippen molar-refractivity contribution in [1.82, 2.24) is 40.3 Å². The van der Waals surface area contributed by atoms with E-state index in [1.54, 1.807) is 17.9 Å². The third kappa shape index (κ3) is 4.69. The molecule has 0 fully saturated rings. The number of hydrogen-bond donors (Lipinski definition) is 1. The zero-order valence-corrected chi connectivity index (χ0v) is 14.0. The average Bonchev–Trinajstić information content (AvgIpc) is 3.25. The number of nitrogens with one attached hydrogen (secondary N) is 1. The van der Waals surface area contributed by atoms with Crippen molar-refractivity contribution in [2.75, 3.05) is 0 Å². The zero-order valence-electron chi connectivity index (χ0n) is 14.0. The van der Waals surface area contributed by atoms with E-state index in [1.165, 1.54) is 5.56 Å². The van der Waals surface area contributed by atoms with Gasteiger partial charge in [0.1, 0.15) is 12.2 Å². The van der Waals surface area contributed by atoms with Crippen LogP contribution in [0.5, 0.6) is 0 Å². The Balaban J connectivity index is 1.46. The number of amides is 1. The highest BCUT2D eigenvalue weighted by Crippen LogP contribution is 2.03. The molecule has 2 heterocycles. The van der Waals surface area contributed by atoms with Gasteiger partial charge in [0.25, 0.3) is 0 Å². The fourth-order valence-corrected chi connectivity index (χ4v) is 2.43. The molecule has 0 spiro atoms. The van der Waals surface area contributed by atoms with Crippen LogP contribution in [0.4, 0.5) is 0 Å². The van der Waals surface area contributed by atoms with Gasteiger partial charge in [-0.05, 0) is 29.3 Å². The maximum atomic E-state index is 12.0. The Bertz CT molecular complexity index is 810. The molecule has 0 saturated heterocycles. The van der Waals surface area contributed by atoms with E-state index in [4.69, 9.17) is 0 Å². The smallest absolute Gasteiger partial charge is 0.222 e. The van der Waals surface area contributed by atoms with Gasteiger partial charge in [0.2, 0.25) is 5.91 Å². The highest BCUT2D eigenvalue weighted by atomic mass is 16.1. The number of rotatable bonds is 8. The molecule has 1 amide bonds. The molecule has 1 aromatic carbocycles. The number of carbonyl (C=O) groups excluding carboxylic acids is 1. The van der Waals surface area contributed by atoms with Gasteiger partial charge < -0.3 is 9.88 Å². The van der Waals surface area contributed by atoms with Gasteiger partial charge in [-0.15, -0.1) is 15.3 Å². The monoisotopic (exact) mass is 340 g/mol. The standard InChI is InChI=1S/C16H20N8O/c1-13-19-21-22-24(13)10-8-16(25)17-11-15-20-18-12-23(15)9-7-14-5-3-2-4-6-14/h2-6,12H,7-11H2,1H3,(H,17,25). The molecule has 2 aromatic heterocycles. The quantitative estimate of drug-likeness (QED) is 0.641. The first-order valence-electron chi connectivity index (χ1n) is 8.12. The summed E-state index contributed by atoms with van der Waals surface area (Å²) in [6.07, 6.45) is 2.89. The Labute approximate surface area is 145 Å². The highest BCUT2D eigenvalue weighted by Gasteiger charge is 2.08. The molecule has 0 saturated carbocycles. The lowest BCUT2D eigenvalue weighted by atomic mass is 10.1. The van der Waals surface area contributed by atoms with Crippen LogP contribution in [0, 0.1) is 6.92 Å². The van der Waals surface area contributed by atoms with Crippen LogP contribution in [-0.4, -0.2) is 40.9 Å². The van der Waals surface area contributed by atoms with E-state index in [0.29, 0.717) is 25.3 Å². The normalized spacial score (nSPS) is 10.8. The summed E-state index contributed by atoms with van der Waals surface area (Å²) in [5.74, 6) is 1.35. The Morgan fingerprint density at radius 2 is 2.00 bits per heavy atom. The SMILES string of the molecule is Cc1nnnn1CCC(=O)NCc1nncn1CCc1ccccc1. The van der Waals surface area contributed by atoms with Crippen molar-refractivity contribution in [1.29, 1.82) is 0 Å². The maximum Gasteiger partial charge on any atom is 0.222 e. The van der Waals surface area contributed by atoms with Crippen LogP contribution in [0.2, 0.25) is 0 Å². The van der Waals surface area contributed by atoms with E-state index in [9.17, 15) is 4.79 Å². The molecule has 0 radical (unpaired) electrons. The first kappa shape index (κ1) is 16.7. The van der Waals surface area contributed by atoms with Gasteiger partial charge in [0, 0.05) is 13.0 Å². The van der Waals surface area contributed by atoms with Crippen molar-refractivity contribution >= 4 is 5.91 Å². The van der Waals surface area contributed by atoms with Crippen LogP contribution in [0.1, 0.15) is 23.6 Å². The minimum Gasteiger partial charge on any atom is -0.349 e. The van der Waals surface area contributed by atoms with Crippen molar-refractivity contribution in [3.8, 4) is 0 Å². The van der Waals surface area contributed by atoms with Crippen molar-refractivity contribution in [2.24, 2.45) is 0 Å². The molecular formula is C16H20N8O. The minimum absolute atomic E-state index is 0.0764. The Morgan fingerprint density at radius 1 is 1.16 bits per heavy atom. The van der Waals surface area contributed by atoms with Gasteiger partial charge in [-0.25, -0.2) is 4.68 Å². The van der Waals surface area contributed by atoms with Crippen LogP contribution >= 0.6 is 0 Å². The molecular weight excluding hydrogens is 320 g/mol. The number of benzene rings is 1. The van der Waals surface area contributed by atoms with Crippen molar-refractivity contribution in [3.05, 3.63) is 53.9 Å². The fraction of sp³-hybridized carbons (Fsp3) is 0.375. The van der Waals surface area contributed by atoms with E-state index >= 15 is 0 Å². The van der Waals surface area contributed by atoms with Crippen molar-refractivity contribution < 1.29 is 4.79 Å². The summed E-state index contributed by atoms with van der Waals surface area (Å²) in [7, 11) is 0. The Morgan fingerprint density at radius 3 is 2.76 bits per heavy atom. The molecule has 0 bridgehead atoms. The molecule has 3 rings (SSSR count). The lowest BCUT2D eigenvalue weighted by molar-refractivity contribution is -0.121. The number of nitrogens with zero attached hydrogens (tertiary/aromatic N) is 7. The Hall–Kier alpha value is -3.10. The van der Waals surface area contributed by atoms with Crippen LogP contribution in [0.3, 0.4) is 0 Å². The van der Waals surface area contributed by atoms with Crippen LogP contribution in [0.15, 0.2) is 36.7 Å². The number of carbonyl (C=O) groups is 1. The van der Waals surface area contributed by atoms with E-state index in [2.05, 4.69) is 43.2 Å². The Kier molecular flexibility index (Phi) is 5.45. The lowest BCUT2D eigenvalue weighted by Crippen LogP contribution is -2.26. The van der Waals surface area contributed by atoms with Crippen molar-refractivity contribution in [2.45, 2.75) is 39.4 Å². The predicted molar refractivity (Wildman–Crippen MR) is 89.2 cm³/mol. The molecule has 9 nitrogen and oxygen atoms in total. The van der Waals surface area contributed by atoms with Gasteiger partial charge in [-0.2, -0.15) is 0 Å². The van der Waals surface area contributed by atoms with Crippen molar-refractivity contribution in [3.63, 3.8) is 0 Å². The summed E-state index contributed by atoms with van der Waals surface area (Å²) in [6.45, 7) is 3.37. The highest BCUT2D eigenvalue weighted by molar-refractivity contribution is 5.75. The number of hydrogen-bond acceptors (Lipinski definition) is 6. The van der Waals surface area contributed by atoms with E-state index in [0.717, 1.165) is 18.8 Å². The zero-order chi connectivity index (χ0) is 17.5. The summed E-state index contributed by atoms with van der Waals surface area (Å²) >= 11 is 0.